The van der Waals surface area contributed by atoms with Crippen LogP contribution in [0.2, 0.25) is 0 Å². The molecule has 0 aliphatic heterocycles. The van der Waals surface area contributed by atoms with Crippen molar-refractivity contribution in [3.05, 3.63) is 29.6 Å². The predicted octanol–water partition coefficient (Wildman–Crippen LogP) is 4.43. The predicted molar refractivity (Wildman–Crippen MR) is 80.4 cm³/mol. The van der Waals surface area contributed by atoms with E-state index in [1.54, 1.807) is 11.8 Å². The molecule has 1 aromatic heterocycles. The SMILES string of the molecule is CCNC(CSC1CCCC1)c1cnccc1C(F)(F)F. The number of rotatable bonds is 6. The van der Waals surface area contributed by atoms with Crippen LogP contribution in [0.5, 0.6) is 0 Å². The first-order valence-corrected chi connectivity index (χ1v) is 8.43. The molecule has 1 atom stereocenters. The van der Waals surface area contributed by atoms with Crippen LogP contribution < -0.4 is 5.32 Å². The molecule has 1 heterocycles. The number of alkyl halides is 3. The van der Waals surface area contributed by atoms with Crippen molar-refractivity contribution in [2.24, 2.45) is 0 Å². The third-order valence-corrected chi connectivity index (χ3v) is 5.25. The van der Waals surface area contributed by atoms with E-state index in [9.17, 15) is 13.2 Å². The number of aromatic nitrogens is 1. The molecule has 21 heavy (non-hydrogen) atoms. The zero-order valence-corrected chi connectivity index (χ0v) is 12.9. The molecular formula is C15H21F3N2S. The standard InChI is InChI=1S/C15H21F3N2S/c1-2-20-14(10-21-11-5-3-4-6-11)12-9-19-8-7-13(12)15(16,17)18/h7-9,11,14,20H,2-6,10H2,1H3. The van der Waals surface area contributed by atoms with Crippen molar-refractivity contribution in [2.75, 3.05) is 12.3 Å². The average Bonchev–Trinajstić information content (AvgIpc) is 2.96. The Morgan fingerprint density at radius 3 is 2.71 bits per heavy atom. The van der Waals surface area contributed by atoms with Crippen LogP contribution in [0.25, 0.3) is 0 Å². The molecule has 1 N–H and O–H groups in total. The van der Waals surface area contributed by atoms with Crippen molar-refractivity contribution in [1.29, 1.82) is 0 Å². The lowest BCUT2D eigenvalue weighted by Crippen LogP contribution is -2.26. The maximum atomic E-state index is 13.1. The Bertz CT molecular complexity index is 445. The molecule has 0 amide bonds. The van der Waals surface area contributed by atoms with Crippen LogP contribution in [0, 0.1) is 0 Å². The van der Waals surface area contributed by atoms with E-state index in [0.29, 0.717) is 17.5 Å². The molecule has 0 radical (unpaired) electrons. The lowest BCUT2D eigenvalue weighted by Gasteiger charge is -2.23. The van der Waals surface area contributed by atoms with Crippen molar-refractivity contribution in [1.82, 2.24) is 10.3 Å². The number of nitrogens with zero attached hydrogens (tertiary/aromatic N) is 1. The van der Waals surface area contributed by atoms with Gasteiger partial charge in [0.15, 0.2) is 0 Å². The summed E-state index contributed by atoms with van der Waals surface area (Å²) in [4.78, 5) is 3.89. The first-order chi connectivity index (χ1) is 10.0. The fourth-order valence-electron chi connectivity index (χ4n) is 2.73. The Kier molecular flexibility index (Phi) is 5.93. The molecule has 1 aliphatic rings. The number of halogens is 3. The highest BCUT2D eigenvalue weighted by atomic mass is 32.2. The van der Waals surface area contributed by atoms with Gasteiger partial charge in [0.1, 0.15) is 0 Å². The molecule has 1 aliphatic carbocycles. The molecule has 2 rings (SSSR count). The minimum atomic E-state index is -4.33. The van der Waals surface area contributed by atoms with Crippen LogP contribution >= 0.6 is 11.8 Å². The molecule has 0 bridgehead atoms. The highest BCUT2D eigenvalue weighted by molar-refractivity contribution is 7.99. The van der Waals surface area contributed by atoms with Crippen LogP contribution in [0.4, 0.5) is 13.2 Å². The summed E-state index contributed by atoms with van der Waals surface area (Å²) in [5.41, 5.74) is -0.312. The van der Waals surface area contributed by atoms with Gasteiger partial charge in [0, 0.05) is 35.0 Å². The fraction of sp³-hybridized carbons (Fsp3) is 0.667. The van der Waals surface area contributed by atoms with Gasteiger partial charge in [-0.15, -0.1) is 0 Å². The third kappa shape index (κ3) is 4.61. The number of thioether (sulfide) groups is 1. The minimum absolute atomic E-state index is 0.261. The summed E-state index contributed by atoms with van der Waals surface area (Å²) in [6.07, 6.45) is 3.08. The van der Waals surface area contributed by atoms with E-state index in [2.05, 4.69) is 10.3 Å². The van der Waals surface area contributed by atoms with Crippen LogP contribution in [0.3, 0.4) is 0 Å². The molecule has 0 spiro atoms. The van der Waals surface area contributed by atoms with Crippen LogP contribution in [-0.2, 0) is 6.18 Å². The maximum Gasteiger partial charge on any atom is 0.416 e. The molecule has 0 saturated heterocycles. The van der Waals surface area contributed by atoms with E-state index in [1.165, 1.54) is 38.1 Å². The van der Waals surface area contributed by atoms with Crippen molar-refractivity contribution >= 4 is 11.8 Å². The van der Waals surface area contributed by atoms with E-state index in [4.69, 9.17) is 0 Å². The Balaban J connectivity index is 2.13. The van der Waals surface area contributed by atoms with Gasteiger partial charge < -0.3 is 5.32 Å². The van der Waals surface area contributed by atoms with Crippen LogP contribution in [0.15, 0.2) is 18.5 Å². The van der Waals surface area contributed by atoms with Gasteiger partial charge in [0.25, 0.3) is 0 Å². The largest absolute Gasteiger partial charge is 0.416 e. The summed E-state index contributed by atoms with van der Waals surface area (Å²) in [5, 5.41) is 3.77. The monoisotopic (exact) mass is 318 g/mol. The Hall–Kier alpha value is -0.750. The lowest BCUT2D eigenvalue weighted by atomic mass is 10.0. The van der Waals surface area contributed by atoms with E-state index in [-0.39, 0.29) is 11.6 Å². The normalized spacial score (nSPS) is 18.1. The van der Waals surface area contributed by atoms with Gasteiger partial charge in [-0.25, -0.2) is 0 Å². The first kappa shape index (κ1) is 16.6. The molecule has 118 valence electrons. The zero-order chi connectivity index (χ0) is 15.3. The topological polar surface area (TPSA) is 24.9 Å². The van der Waals surface area contributed by atoms with Gasteiger partial charge in [-0.05, 0) is 25.5 Å². The zero-order valence-electron chi connectivity index (χ0n) is 12.1. The van der Waals surface area contributed by atoms with Crippen LogP contribution in [-0.4, -0.2) is 22.5 Å². The van der Waals surface area contributed by atoms with Gasteiger partial charge in [0.2, 0.25) is 0 Å². The average molecular weight is 318 g/mol. The second kappa shape index (κ2) is 7.49. The Morgan fingerprint density at radius 2 is 2.10 bits per heavy atom. The van der Waals surface area contributed by atoms with E-state index < -0.39 is 11.7 Å². The van der Waals surface area contributed by atoms with E-state index >= 15 is 0 Å². The highest BCUT2D eigenvalue weighted by Gasteiger charge is 2.35. The van der Waals surface area contributed by atoms with Crippen molar-refractivity contribution in [3.63, 3.8) is 0 Å². The summed E-state index contributed by atoms with van der Waals surface area (Å²) >= 11 is 1.79. The third-order valence-electron chi connectivity index (χ3n) is 3.78. The van der Waals surface area contributed by atoms with Gasteiger partial charge in [-0.3, -0.25) is 4.98 Å². The van der Waals surface area contributed by atoms with Crippen molar-refractivity contribution < 1.29 is 13.2 Å². The lowest BCUT2D eigenvalue weighted by molar-refractivity contribution is -0.138. The Labute approximate surface area is 127 Å². The summed E-state index contributed by atoms with van der Waals surface area (Å²) in [5.74, 6) is 0.660. The smallest absolute Gasteiger partial charge is 0.309 e. The van der Waals surface area contributed by atoms with Gasteiger partial charge in [0.05, 0.1) is 5.56 Å². The van der Waals surface area contributed by atoms with Crippen LogP contribution in [0.1, 0.15) is 49.8 Å². The highest BCUT2D eigenvalue weighted by Crippen LogP contribution is 2.37. The summed E-state index contributed by atoms with van der Waals surface area (Å²) < 4.78 is 39.4. The molecule has 2 nitrogen and oxygen atoms in total. The molecule has 1 fully saturated rings. The molecule has 1 saturated carbocycles. The minimum Gasteiger partial charge on any atom is -0.309 e. The molecule has 1 unspecified atom stereocenters. The molecule has 0 aromatic carbocycles. The Morgan fingerprint density at radius 1 is 1.38 bits per heavy atom. The summed E-state index contributed by atoms with van der Waals surface area (Å²) in [7, 11) is 0. The molecule has 1 aromatic rings. The molecular weight excluding hydrogens is 297 g/mol. The van der Waals surface area contributed by atoms with Gasteiger partial charge in [-0.2, -0.15) is 24.9 Å². The number of hydrogen-bond acceptors (Lipinski definition) is 3. The second-order valence-corrected chi connectivity index (χ2v) is 6.64. The number of pyridine rings is 1. The number of hydrogen-bond donors (Lipinski definition) is 1. The van der Waals surface area contributed by atoms with Crippen molar-refractivity contribution in [2.45, 2.75) is 50.1 Å². The maximum absolute atomic E-state index is 13.1. The van der Waals surface area contributed by atoms with E-state index in [0.717, 1.165) is 6.07 Å². The quantitative estimate of drug-likeness (QED) is 0.840. The summed E-state index contributed by atoms with van der Waals surface area (Å²) in [6, 6.07) is 0.769. The number of nitrogens with one attached hydrogen (secondary N) is 1. The van der Waals surface area contributed by atoms with E-state index in [1.807, 2.05) is 6.92 Å². The van der Waals surface area contributed by atoms with Gasteiger partial charge >= 0.3 is 6.18 Å². The fourth-order valence-corrected chi connectivity index (χ4v) is 4.16. The second-order valence-electron chi connectivity index (χ2n) is 5.31. The van der Waals surface area contributed by atoms with Gasteiger partial charge in [-0.1, -0.05) is 19.8 Å². The first-order valence-electron chi connectivity index (χ1n) is 7.38. The van der Waals surface area contributed by atoms with Crippen molar-refractivity contribution in [3.8, 4) is 0 Å². The summed E-state index contributed by atoms with van der Waals surface area (Å²) in [6.45, 7) is 2.55. The molecule has 6 heteroatoms.